The molecule has 1 saturated heterocycles. The number of aliphatic hydroxyl groups is 1. The smallest absolute Gasteiger partial charge is 0.261 e. The van der Waals surface area contributed by atoms with Crippen molar-refractivity contribution >= 4 is 22.8 Å². The second-order valence-corrected chi connectivity index (χ2v) is 11.2. The van der Waals surface area contributed by atoms with Crippen LogP contribution >= 0.6 is 0 Å². The van der Waals surface area contributed by atoms with E-state index in [0.29, 0.717) is 17.7 Å². The van der Waals surface area contributed by atoms with E-state index in [9.17, 15) is 14.7 Å². The third kappa shape index (κ3) is 5.03. The Morgan fingerprint density at radius 2 is 1.40 bits per heavy atom. The number of imide groups is 1. The molecule has 0 unspecified atom stereocenters. The molecule has 7 rings (SSSR count). The van der Waals surface area contributed by atoms with E-state index in [4.69, 9.17) is 9.47 Å². The number of hydrogen-bond acceptors (Lipinski definition) is 6. The predicted octanol–water partition coefficient (Wildman–Crippen LogP) is 5.82. The Morgan fingerprint density at radius 3 is 2.09 bits per heavy atom. The second kappa shape index (κ2) is 11.2. The van der Waals surface area contributed by atoms with E-state index in [1.54, 1.807) is 24.3 Å². The predicted molar refractivity (Wildman–Crippen MR) is 160 cm³/mol. The molecule has 1 fully saturated rings. The molecule has 3 heterocycles. The molecule has 1 N–H and O–H groups in total. The summed E-state index contributed by atoms with van der Waals surface area (Å²) in [5.74, 6) is -0.532. The zero-order valence-electron chi connectivity index (χ0n) is 23.7. The summed E-state index contributed by atoms with van der Waals surface area (Å²) in [5, 5.41) is 9.54. The Balaban J connectivity index is 1.14. The molecule has 2 aliphatic rings. The summed E-state index contributed by atoms with van der Waals surface area (Å²) in [7, 11) is 0. The van der Waals surface area contributed by atoms with E-state index in [1.165, 1.54) is 4.90 Å². The minimum atomic E-state index is -0.633. The van der Waals surface area contributed by atoms with Crippen LogP contribution in [0.5, 0.6) is 0 Å². The van der Waals surface area contributed by atoms with Gasteiger partial charge in [0.2, 0.25) is 0 Å². The first-order valence-electron chi connectivity index (χ1n) is 14.4. The molecule has 0 spiro atoms. The third-order valence-electron chi connectivity index (χ3n) is 8.50. The largest absolute Gasteiger partial charge is 0.392 e. The van der Waals surface area contributed by atoms with Crippen LogP contribution in [0, 0.1) is 5.92 Å². The number of imidazole rings is 1. The molecule has 4 atom stereocenters. The van der Waals surface area contributed by atoms with Crippen LogP contribution in [0.3, 0.4) is 0 Å². The number of aliphatic hydroxyl groups excluding tert-OH is 1. The lowest BCUT2D eigenvalue weighted by Crippen LogP contribution is -2.39. The molecule has 1 aromatic heterocycles. The molecule has 8 heteroatoms. The van der Waals surface area contributed by atoms with Crippen LogP contribution in [0.15, 0.2) is 103 Å². The van der Waals surface area contributed by atoms with Crippen molar-refractivity contribution in [2.75, 3.05) is 0 Å². The fourth-order valence-corrected chi connectivity index (χ4v) is 6.02. The number of ether oxygens (including phenoxy) is 2. The van der Waals surface area contributed by atoms with Crippen LogP contribution in [0.25, 0.3) is 11.0 Å². The number of nitrogens with zero attached hydrogens (tertiary/aromatic N) is 3. The Kier molecular flexibility index (Phi) is 7.10. The summed E-state index contributed by atoms with van der Waals surface area (Å²) in [5.41, 5.74) is 6.40. The molecule has 5 aromatic rings. The van der Waals surface area contributed by atoms with Crippen molar-refractivity contribution in [1.29, 1.82) is 0 Å². The first kappa shape index (κ1) is 27.2. The van der Waals surface area contributed by atoms with Crippen molar-refractivity contribution in [2.45, 2.75) is 45.1 Å². The average Bonchev–Trinajstić information content (AvgIpc) is 3.56. The first-order valence-corrected chi connectivity index (χ1v) is 14.4. The molecule has 216 valence electrons. The lowest BCUT2D eigenvalue weighted by atomic mass is 9.90. The number of amides is 2. The normalized spacial score (nSPS) is 21.9. The molecular weight excluding hydrogens is 542 g/mol. The fourth-order valence-electron chi connectivity index (χ4n) is 6.02. The monoisotopic (exact) mass is 573 g/mol. The summed E-state index contributed by atoms with van der Waals surface area (Å²) >= 11 is 0. The number of carbonyl (C=O) groups is 2. The van der Waals surface area contributed by atoms with Gasteiger partial charge in [-0.05, 0) is 41.0 Å². The van der Waals surface area contributed by atoms with Gasteiger partial charge >= 0.3 is 0 Å². The van der Waals surface area contributed by atoms with Gasteiger partial charge in [0.1, 0.15) is 0 Å². The van der Waals surface area contributed by atoms with Crippen molar-refractivity contribution < 1.29 is 24.2 Å². The number of para-hydroxylation sites is 2. The topological polar surface area (TPSA) is 93.9 Å². The molecule has 0 aliphatic carbocycles. The highest BCUT2D eigenvalue weighted by atomic mass is 16.7. The number of rotatable bonds is 7. The third-order valence-corrected chi connectivity index (χ3v) is 8.50. The summed E-state index contributed by atoms with van der Waals surface area (Å²) in [6.45, 7) is 2.91. The van der Waals surface area contributed by atoms with E-state index in [0.717, 1.165) is 33.3 Å². The van der Waals surface area contributed by atoms with E-state index in [-0.39, 0.29) is 43.1 Å². The van der Waals surface area contributed by atoms with Crippen LogP contribution in [0.4, 0.5) is 0 Å². The SMILES string of the molecule is C[C@H]1[C@@H](Cn2cnc3ccccc32)O[C@@H](c2ccc(CN3C(=O)c4ccccc4C3=O)cc2)O[C@H]1c1ccc(CO)cc1. The number of hydrogen-bond donors (Lipinski definition) is 1. The van der Waals surface area contributed by atoms with Gasteiger partial charge in [-0.2, -0.15) is 0 Å². The number of aromatic nitrogens is 2. The Bertz CT molecular complexity index is 1760. The van der Waals surface area contributed by atoms with E-state index < -0.39 is 6.29 Å². The van der Waals surface area contributed by atoms with Gasteiger partial charge in [0.25, 0.3) is 11.8 Å². The molecule has 0 bridgehead atoms. The Labute approximate surface area is 249 Å². The summed E-state index contributed by atoms with van der Waals surface area (Å²) < 4.78 is 15.3. The highest BCUT2D eigenvalue weighted by molar-refractivity contribution is 6.21. The highest BCUT2D eigenvalue weighted by Crippen LogP contribution is 2.42. The van der Waals surface area contributed by atoms with Gasteiger partial charge in [-0.1, -0.05) is 79.7 Å². The molecule has 8 nitrogen and oxygen atoms in total. The molecule has 2 amide bonds. The number of benzene rings is 4. The zero-order chi connectivity index (χ0) is 29.5. The lowest BCUT2D eigenvalue weighted by Gasteiger charge is -2.41. The van der Waals surface area contributed by atoms with Crippen molar-refractivity contribution in [1.82, 2.24) is 14.5 Å². The van der Waals surface area contributed by atoms with E-state index >= 15 is 0 Å². The summed E-state index contributed by atoms with van der Waals surface area (Å²) in [4.78, 5) is 31.6. The molecule has 2 aliphatic heterocycles. The summed E-state index contributed by atoms with van der Waals surface area (Å²) in [6, 6.07) is 30.5. The van der Waals surface area contributed by atoms with Crippen LogP contribution in [0.2, 0.25) is 0 Å². The molecule has 0 radical (unpaired) electrons. The Morgan fingerprint density at radius 1 is 0.767 bits per heavy atom. The van der Waals surface area contributed by atoms with Crippen molar-refractivity contribution in [3.8, 4) is 0 Å². The standard InChI is InChI=1S/C35H31N3O5/c1-22-31(19-37-21-36-29-8-4-5-9-30(29)37)42-35(43-32(22)25-14-12-24(20-39)13-15-25)26-16-10-23(11-17-26)18-38-33(40)27-6-2-3-7-28(27)34(38)41/h2-17,21-22,31-32,35,39H,18-20H2,1H3/t22-,31+,32+,35+/m0/s1. The maximum Gasteiger partial charge on any atom is 0.261 e. The van der Waals surface area contributed by atoms with Gasteiger partial charge in [0.05, 0.1) is 60.4 Å². The van der Waals surface area contributed by atoms with Gasteiger partial charge < -0.3 is 19.1 Å². The maximum absolute atomic E-state index is 12.9. The summed E-state index contributed by atoms with van der Waals surface area (Å²) in [6.07, 6.45) is 0.789. The lowest BCUT2D eigenvalue weighted by molar-refractivity contribution is -0.276. The Hall–Kier alpha value is -4.63. The van der Waals surface area contributed by atoms with Crippen LogP contribution in [0.1, 0.15) is 62.3 Å². The fraction of sp³-hybridized carbons (Fsp3) is 0.229. The molecule has 0 saturated carbocycles. The second-order valence-electron chi connectivity index (χ2n) is 11.2. The molecule has 4 aromatic carbocycles. The first-order chi connectivity index (χ1) is 21.0. The van der Waals surface area contributed by atoms with Crippen molar-refractivity contribution in [3.63, 3.8) is 0 Å². The van der Waals surface area contributed by atoms with E-state index in [1.807, 2.05) is 73.1 Å². The van der Waals surface area contributed by atoms with Crippen molar-refractivity contribution in [3.05, 3.63) is 137 Å². The quantitative estimate of drug-likeness (QED) is 0.247. The number of carbonyl (C=O) groups excluding carboxylic acids is 2. The van der Waals surface area contributed by atoms with Crippen molar-refractivity contribution in [2.24, 2.45) is 5.92 Å². The van der Waals surface area contributed by atoms with Gasteiger partial charge in [-0.3, -0.25) is 14.5 Å². The zero-order valence-corrected chi connectivity index (χ0v) is 23.7. The van der Waals surface area contributed by atoms with Crippen LogP contribution in [-0.4, -0.2) is 37.5 Å². The highest BCUT2D eigenvalue weighted by Gasteiger charge is 2.39. The minimum Gasteiger partial charge on any atom is -0.392 e. The van der Waals surface area contributed by atoms with Crippen LogP contribution in [-0.2, 0) is 29.2 Å². The van der Waals surface area contributed by atoms with Gasteiger partial charge in [-0.15, -0.1) is 0 Å². The van der Waals surface area contributed by atoms with Gasteiger partial charge in [0.15, 0.2) is 6.29 Å². The van der Waals surface area contributed by atoms with Gasteiger partial charge in [0, 0.05) is 11.5 Å². The van der Waals surface area contributed by atoms with Gasteiger partial charge in [-0.25, -0.2) is 4.98 Å². The number of fused-ring (bicyclic) bond motifs is 2. The van der Waals surface area contributed by atoms with Crippen LogP contribution < -0.4 is 0 Å². The van der Waals surface area contributed by atoms with E-state index in [2.05, 4.69) is 22.5 Å². The maximum atomic E-state index is 12.9. The average molecular weight is 574 g/mol. The molecule has 43 heavy (non-hydrogen) atoms. The minimum absolute atomic E-state index is 0.0174. The molecular formula is C35H31N3O5.